The summed E-state index contributed by atoms with van der Waals surface area (Å²) in [7, 11) is 0. The van der Waals surface area contributed by atoms with E-state index in [0.717, 1.165) is 25.0 Å². The van der Waals surface area contributed by atoms with Gasteiger partial charge in [-0.3, -0.25) is 0 Å². The number of hydrogen-bond acceptors (Lipinski definition) is 1. The van der Waals surface area contributed by atoms with Crippen molar-refractivity contribution < 1.29 is 3.07 Å². The summed E-state index contributed by atoms with van der Waals surface area (Å²) in [6, 6.07) is 17.8. The van der Waals surface area contributed by atoms with Crippen molar-refractivity contribution in [3.8, 4) is 11.1 Å². The van der Waals surface area contributed by atoms with Gasteiger partial charge in [0.05, 0.1) is 0 Å². The van der Waals surface area contributed by atoms with Crippen LogP contribution in [0.15, 0.2) is 72.5 Å². The molecule has 1 atom stereocenters. The highest BCUT2D eigenvalue weighted by Gasteiger charge is 2.17. The SMILES string of the molecule is CCc1ccc(-c2ccc(CC3CC=CC=C3OI)cc2)cc1. The van der Waals surface area contributed by atoms with Gasteiger partial charge in [-0.25, -0.2) is 0 Å². The van der Waals surface area contributed by atoms with E-state index in [1.807, 2.05) is 23.0 Å². The second-order valence-corrected chi connectivity index (χ2v) is 6.40. The summed E-state index contributed by atoms with van der Waals surface area (Å²) >= 11 is 1.98. The number of benzene rings is 2. The van der Waals surface area contributed by atoms with Crippen molar-refractivity contribution in [1.29, 1.82) is 0 Å². The molecule has 0 saturated heterocycles. The van der Waals surface area contributed by atoms with E-state index in [1.54, 1.807) is 0 Å². The van der Waals surface area contributed by atoms with Gasteiger partial charge in [0.2, 0.25) is 0 Å². The Morgan fingerprint density at radius 1 is 0.957 bits per heavy atom. The van der Waals surface area contributed by atoms with Crippen LogP contribution < -0.4 is 0 Å². The van der Waals surface area contributed by atoms with Crippen molar-refractivity contribution in [2.75, 3.05) is 0 Å². The highest BCUT2D eigenvalue weighted by Crippen LogP contribution is 2.28. The molecule has 1 unspecified atom stereocenters. The van der Waals surface area contributed by atoms with Crippen LogP contribution in [-0.2, 0) is 15.9 Å². The predicted molar refractivity (Wildman–Crippen MR) is 105 cm³/mol. The first-order chi connectivity index (χ1) is 11.3. The maximum atomic E-state index is 5.47. The van der Waals surface area contributed by atoms with E-state index in [4.69, 9.17) is 3.07 Å². The number of aryl methyl sites for hydroxylation is 1. The number of hydrogen-bond donors (Lipinski definition) is 0. The number of halogens is 1. The fourth-order valence-electron chi connectivity index (χ4n) is 2.98. The molecule has 0 aromatic heterocycles. The third-order valence-electron chi connectivity index (χ3n) is 4.44. The van der Waals surface area contributed by atoms with Gasteiger partial charge in [-0.2, -0.15) is 0 Å². The third-order valence-corrected chi connectivity index (χ3v) is 4.95. The summed E-state index contributed by atoms with van der Waals surface area (Å²) in [6.07, 6.45) is 9.53. The van der Waals surface area contributed by atoms with E-state index in [0.29, 0.717) is 5.92 Å². The van der Waals surface area contributed by atoms with Gasteiger partial charge in [0.15, 0.2) is 23.0 Å². The lowest BCUT2D eigenvalue weighted by Crippen LogP contribution is -2.09. The van der Waals surface area contributed by atoms with Gasteiger partial charge in [-0.1, -0.05) is 67.6 Å². The summed E-state index contributed by atoms with van der Waals surface area (Å²) in [4.78, 5) is 0. The molecule has 0 N–H and O–H groups in total. The fourth-order valence-corrected chi connectivity index (χ4v) is 3.49. The molecule has 0 spiro atoms. The lowest BCUT2D eigenvalue weighted by molar-refractivity contribution is 0.422. The van der Waals surface area contributed by atoms with Crippen LogP contribution in [0.2, 0.25) is 0 Å². The Hall–Kier alpha value is -1.55. The molecule has 0 aliphatic heterocycles. The quantitative estimate of drug-likeness (QED) is 0.521. The van der Waals surface area contributed by atoms with Gasteiger partial charge in [0.1, 0.15) is 5.76 Å². The predicted octanol–water partition coefficient (Wildman–Crippen LogP) is 6.29. The molecule has 2 aromatic rings. The average molecular weight is 416 g/mol. The van der Waals surface area contributed by atoms with E-state index in [2.05, 4.69) is 73.7 Å². The summed E-state index contributed by atoms with van der Waals surface area (Å²) in [5.74, 6) is 1.53. The number of rotatable bonds is 5. The van der Waals surface area contributed by atoms with Gasteiger partial charge >= 0.3 is 0 Å². The summed E-state index contributed by atoms with van der Waals surface area (Å²) in [6.45, 7) is 2.19. The summed E-state index contributed by atoms with van der Waals surface area (Å²) in [5, 5.41) is 0. The van der Waals surface area contributed by atoms with E-state index in [1.165, 1.54) is 22.3 Å². The lowest BCUT2D eigenvalue weighted by atomic mass is 9.91. The van der Waals surface area contributed by atoms with E-state index < -0.39 is 0 Å². The second kappa shape index (κ2) is 7.82. The molecule has 2 heteroatoms. The Morgan fingerprint density at radius 2 is 1.57 bits per heavy atom. The molecule has 3 rings (SSSR count). The molecule has 0 heterocycles. The zero-order valence-electron chi connectivity index (χ0n) is 13.3. The fraction of sp³-hybridized carbons (Fsp3) is 0.238. The van der Waals surface area contributed by atoms with Crippen LogP contribution >= 0.6 is 23.0 Å². The van der Waals surface area contributed by atoms with Crippen LogP contribution in [0.1, 0.15) is 24.5 Å². The number of allylic oxidation sites excluding steroid dienone is 4. The largest absolute Gasteiger partial charge is 0.432 e. The zero-order valence-corrected chi connectivity index (χ0v) is 15.5. The molecular formula is C21H21IO. The minimum atomic E-state index is 0.451. The molecule has 0 bridgehead atoms. The topological polar surface area (TPSA) is 9.23 Å². The van der Waals surface area contributed by atoms with Gasteiger partial charge in [0.25, 0.3) is 0 Å². The average Bonchev–Trinajstić information content (AvgIpc) is 2.63. The van der Waals surface area contributed by atoms with Crippen molar-refractivity contribution >= 4 is 23.0 Å². The van der Waals surface area contributed by atoms with Crippen LogP contribution in [-0.4, -0.2) is 0 Å². The molecular weight excluding hydrogens is 395 g/mol. The Bertz CT molecular complexity index is 696. The Balaban J connectivity index is 1.71. The Kier molecular flexibility index (Phi) is 5.55. The van der Waals surface area contributed by atoms with Crippen molar-refractivity contribution in [3.63, 3.8) is 0 Å². The molecule has 0 fully saturated rings. The maximum absolute atomic E-state index is 5.47. The van der Waals surface area contributed by atoms with Gasteiger partial charge in [-0.15, -0.1) is 0 Å². The molecule has 0 radical (unpaired) electrons. The molecule has 23 heavy (non-hydrogen) atoms. The standard InChI is InChI=1S/C21H21IO/c1-2-16-7-11-18(12-8-16)19-13-9-17(10-14-19)15-20-5-3-4-6-21(20)23-22/h3-4,6-14,20H,2,5,15H2,1H3. The molecule has 2 aromatic carbocycles. The molecule has 1 aliphatic carbocycles. The smallest absolute Gasteiger partial charge is 0.192 e. The molecule has 118 valence electrons. The first-order valence-corrected chi connectivity index (χ1v) is 9.01. The highest BCUT2D eigenvalue weighted by atomic mass is 127. The summed E-state index contributed by atoms with van der Waals surface area (Å²) < 4.78 is 5.47. The first-order valence-electron chi connectivity index (χ1n) is 8.13. The third kappa shape index (κ3) is 4.05. The second-order valence-electron chi connectivity index (χ2n) is 5.96. The molecule has 0 saturated carbocycles. The minimum absolute atomic E-state index is 0.451. The van der Waals surface area contributed by atoms with Crippen LogP contribution in [0.5, 0.6) is 0 Å². The van der Waals surface area contributed by atoms with Crippen molar-refractivity contribution in [2.45, 2.75) is 26.2 Å². The van der Waals surface area contributed by atoms with Crippen molar-refractivity contribution in [1.82, 2.24) is 0 Å². The van der Waals surface area contributed by atoms with E-state index in [-0.39, 0.29) is 0 Å². The van der Waals surface area contributed by atoms with Gasteiger partial charge in [-0.05, 0) is 47.6 Å². The van der Waals surface area contributed by atoms with Gasteiger partial charge in [0, 0.05) is 5.92 Å². The minimum Gasteiger partial charge on any atom is -0.432 e. The van der Waals surface area contributed by atoms with Crippen LogP contribution in [0, 0.1) is 5.92 Å². The van der Waals surface area contributed by atoms with Crippen molar-refractivity contribution in [2.24, 2.45) is 5.92 Å². The van der Waals surface area contributed by atoms with Crippen molar-refractivity contribution in [3.05, 3.63) is 83.6 Å². The Morgan fingerprint density at radius 3 is 2.13 bits per heavy atom. The van der Waals surface area contributed by atoms with Crippen LogP contribution in [0.25, 0.3) is 11.1 Å². The highest BCUT2D eigenvalue weighted by molar-refractivity contribution is 14.1. The van der Waals surface area contributed by atoms with Crippen LogP contribution in [0.4, 0.5) is 0 Å². The first kappa shape index (κ1) is 16.3. The zero-order chi connectivity index (χ0) is 16.1. The molecule has 1 aliphatic rings. The van der Waals surface area contributed by atoms with E-state index in [9.17, 15) is 0 Å². The van der Waals surface area contributed by atoms with E-state index >= 15 is 0 Å². The normalized spacial score (nSPS) is 17.0. The summed E-state index contributed by atoms with van der Waals surface area (Å²) in [5.41, 5.74) is 5.30. The molecule has 0 amide bonds. The molecule has 1 nitrogen and oxygen atoms in total. The van der Waals surface area contributed by atoms with Gasteiger partial charge < -0.3 is 3.07 Å². The maximum Gasteiger partial charge on any atom is 0.192 e. The Labute approximate surface area is 152 Å². The monoisotopic (exact) mass is 416 g/mol. The lowest BCUT2D eigenvalue weighted by Gasteiger charge is -2.19. The van der Waals surface area contributed by atoms with Crippen LogP contribution in [0.3, 0.4) is 0 Å².